The standard InChI is InChI=1S/C8H5ClN2OS2/c1-4-8(14-11-10-4)7(12)5-2-3-6(9)13-5/h2-3H,1H3. The van der Waals surface area contributed by atoms with Gasteiger partial charge >= 0.3 is 0 Å². The summed E-state index contributed by atoms with van der Waals surface area (Å²) in [7, 11) is 0. The topological polar surface area (TPSA) is 42.9 Å². The quantitative estimate of drug-likeness (QED) is 0.763. The highest BCUT2D eigenvalue weighted by atomic mass is 35.5. The zero-order valence-corrected chi connectivity index (χ0v) is 9.54. The number of aryl methyl sites for hydroxylation is 1. The average Bonchev–Trinajstić information content (AvgIpc) is 2.73. The van der Waals surface area contributed by atoms with Crippen LogP contribution in [0.4, 0.5) is 0 Å². The number of carbonyl (C=O) groups excluding carboxylic acids is 1. The molecule has 0 spiro atoms. The summed E-state index contributed by atoms with van der Waals surface area (Å²) in [5, 5.41) is 3.79. The van der Waals surface area contributed by atoms with Crippen LogP contribution < -0.4 is 0 Å². The van der Waals surface area contributed by atoms with Crippen LogP contribution in [-0.4, -0.2) is 15.4 Å². The molecular formula is C8H5ClN2OS2. The normalized spacial score (nSPS) is 10.4. The zero-order chi connectivity index (χ0) is 10.1. The number of hydrogen-bond acceptors (Lipinski definition) is 5. The van der Waals surface area contributed by atoms with E-state index in [1.54, 1.807) is 19.1 Å². The van der Waals surface area contributed by atoms with E-state index < -0.39 is 0 Å². The number of carbonyl (C=O) groups is 1. The molecule has 0 saturated heterocycles. The molecule has 6 heteroatoms. The monoisotopic (exact) mass is 244 g/mol. The Labute approximate surface area is 93.5 Å². The van der Waals surface area contributed by atoms with E-state index >= 15 is 0 Å². The van der Waals surface area contributed by atoms with Crippen molar-refractivity contribution in [2.24, 2.45) is 0 Å². The fourth-order valence-electron chi connectivity index (χ4n) is 0.988. The molecule has 0 atom stereocenters. The summed E-state index contributed by atoms with van der Waals surface area (Å²) in [6.45, 7) is 1.77. The molecule has 0 amide bonds. The maximum atomic E-state index is 11.8. The lowest BCUT2D eigenvalue weighted by molar-refractivity contribution is 0.104. The minimum Gasteiger partial charge on any atom is -0.287 e. The van der Waals surface area contributed by atoms with E-state index in [1.165, 1.54) is 11.3 Å². The number of halogens is 1. The lowest BCUT2D eigenvalue weighted by atomic mass is 10.2. The van der Waals surface area contributed by atoms with Gasteiger partial charge in [0, 0.05) is 0 Å². The first-order chi connectivity index (χ1) is 6.68. The van der Waals surface area contributed by atoms with Crippen molar-refractivity contribution >= 4 is 40.3 Å². The fraction of sp³-hybridized carbons (Fsp3) is 0.125. The molecule has 2 aromatic heterocycles. The van der Waals surface area contributed by atoms with Gasteiger partial charge in [0.25, 0.3) is 0 Å². The summed E-state index contributed by atoms with van der Waals surface area (Å²) < 4.78 is 4.33. The number of rotatable bonds is 2. The average molecular weight is 245 g/mol. The van der Waals surface area contributed by atoms with Gasteiger partial charge in [-0.15, -0.1) is 16.4 Å². The summed E-state index contributed by atoms with van der Waals surface area (Å²) in [4.78, 5) is 13.0. The highest BCUT2D eigenvalue weighted by molar-refractivity contribution is 7.19. The minimum atomic E-state index is -0.0469. The van der Waals surface area contributed by atoms with Crippen LogP contribution in [0.25, 0.3) is 0 Å². The van der Waals surface area contributed by atoms with Gasteiger partial charge in [0.1, 0.15) is 4.88 Å². The van der Waals surface area contributed by atoms with E-state index in [0.717, 1.165) is 11.5 Å². The van der Waals surface area contributed by atoms with Crippen LogP contribution in [0, 0.1) is 6.92 Å². The Kier molecular flexibility index (Phi) is 2.62. The van der Waals surface area contributed by atoms with Crippen LogP contribution in [0.1, 0.15) is 20.2 Å². The van der Waals surface area contributed by atoms with Crippen molar-refractivity contribution in [2.45, 2.75) is 6.92 Å². The molecule has 0 radical (unpaired) electrons. The molecule has 0 saturated carbocycles. The van der Waals surface area contributed by atoms with Crippen molar-refractivity contribution < 1.29 is 4.79 Å². The van der Waals surface area contributed by atoms with Crippen LogP contribution in [-0.2, 0) is 0 Å². The maximum absolute atomic E-state index is 11.8. The van der Waals surface area contributed by atoms with Gasteiger partial charge in [-0.1, -0.05) is 16.1 Å². The molecule has 2 aromatic rings. The Morgan fingerprint density at radius 2 is 2.29 bits per heavy atom. The van der Waals surface area contributed by atoms with E-state index in [2.05, 4.69) is 9.59 Å². The Morgan fingerprint density at radius 1 is 1.50 bits per heavy atom. The van der Waals surface area contributed by atoms with E-state index in [1.807, 2.05) is 0 Å². The second kappa shape index (κ2) is 3.76. The molecule has 0 N–H and O–H groups in total. The Hall–Kier alpha value is -0.780. The van der Waals surface area contributed by atoms with Gasteiger partial charge in [-0.25, -0.2) is 0 Å². The third kappa shape index (κ3) is 1.70. The van der Waals surface area contributed by atoms with E-state index in [4.69, 9.17) is 11.6 Å². The van der Waals surface area contributed by atoms with Gasteiger partial charge in [-0.3, -0.25) is 4.79 Å². The molecule has 2 rings (SSSR count). The molecule has 0 aliphatic heterocycles. The molecule has 0 fully saturated rings. The van der Waals surface area contributed by atoms with Crippen molar-refractivity contribution in [3.8, 4) is 0 Å². The number of hydrogen-bond donors (Lipinski definition) is 0. The molecule has 72 valence electrons. The van der Waals surface area contributed by atoms with Gasteiger partial charge < -0.3 is 0 Å². The first-order valence-corrected chi connectivity index (χ1v) is 5.74. The largest absolute Gasteiger partial charge is 0.287 e. The van der Waals surface area contributed by atoms with Gasteiger partial charge in [0.2, 0.25) is 5.78 Å². The molecule has 0 aliphatic rings. The SMILES string of the molecule is Cc1nnsc1C(=O)c1ccc(Cl)s1. The maximum Gasteiger partial charge on any atom is 0.216 e. The second-order valence-corrected chi connectivity index (χ2v) is 5.09. The zero-order valence-electron chi connectivity index (χ0n) is 7.15. The lowest BCUT2D eigenvalue weighted by Gasteiger charge is -1.91. The molecule has 0 aromatic carbocycles. The summed E-state index contributed by atoms with van der Waals surface area (Å²) >= 11 is 8.13. The number of nitrogens with zero attached hydrogens (tertiary/aromatic N) is 2. The highest BCUT2D eigenvalue weighted by Gasteiger charge is 2.16. The van der Waals surface area contributed by atoms with Gasteiger partial charge in [-0.2, -0.15) is 0 Å². The van der Waals surface area contributed by atoms with Crippen LogP contribution in [0.2, 0.25) is 4.34 Å². The fourth-order valence-corrected chi connectivity index (χ4v) is 2.65. The van der Waals surface area contributed by atoms with E-state index in [-0.39, 0.29) is 5.78 Å². The van der Waals surface area contributed by atoms with Crippen LogP contribution in [0.5, 0.6) is 0 Å². The summed E-state index contributed by atoms with van der Waals surface area (Å²) in [5.41, 5.74) is 0.671. The lowest BCUT2D eigenvalue weighted by Crippen LogP contribution is -1.97. The molecule has 3 nitrogen and oxygen atoms in total. The summed E-state index contributed by atoms with van der Waals surface area (Å²) in [5.74, 6) is -0.0469. The highest BCUT2D eigenvalue weighted by Crippen LogP contribution is 2.25. The van der Waals surface area contributed by atoms with E-state index in [9.17, 15) is 4.79 Å². The van der Waals surface area contributed by atoms with Crippen molar-refractivity contribution in [3.05, 3.63) is 31.9 Å². The molecule has 0 unspecified atom stereocenters. The molecule has 0 aliphatic carbocycles. The van der Waals surface area contributed by atoms with Gasteiger partial charge in [0.05, 0.1) is 14.9 Å². The summed E-state index contributed by atoms with van der Waals surface area (Å²) in [6.07, 6.45) is 0. The Balaban J connectivity index is 2.38. The Morgan fingerprint density at radius 3 is 2.79 bits per heavy atom. The molecular weight excluding hydrogens is 240 g/mol. The van der Waals surface area contributed by atoms with Crippen LogP contribution in [0.3, 0.4) is 0 Å². The van der Waals surface area contributed by atoms with Gasteiger partial charge in [0.15, 0.2) is 0 Å². The number of aromatic nitrogens is 2. The predicted molar refractivity (Wildman–Crippen MR) is 57.4 cm³/mol. The van der Waals surface area contributed by atoms with Gasteiger partial charge in [-0.05, 0) is 30.6 Å². The van der Waals surface area contributed by atoms with Crippen LogP contribution >= 0.6 is 34.5 Å². The second-order valence-electron chi connectivity index (χ2n) is 2.62. The molecule has 2 heterocycles. The first-order valence-electron chi connectivity index (χ1n) is 3.77. The third-order valence-electron chi connectivity index (χ3n) is 1.65. The third-order valence-corrected chi connectivity index (χ3v) is 3.71. The van der Waals surface area contributed by atoms with Crippen molar-refractivity contribution in [1.82, 2.24) is 9.59 Å². The number of thiophene rings is 1. The minimum absolute atomic E-state index is 0.0469. The first kappa shape index (κ1) is 9.76. The van der Waals surface area contributed by atoms with Crippen LogP contribution in [0.15, 0.2) is 12.1 Å². The summed E-state index contributed by atoms with van der Waals surface area (Å²) in [6, 6.07) is 3.43. The van der Waals surface area contributed by atoms with Crippen molar-refractivity contribution in [3.63, 3.8) is 0 Å². The smallest absolute Gasteiger partial charge is 0.216 e. The number of ketones is 1. The van der Waals surface area contributed by atoms with E-state index in [0.29, 0.717) is 19.8 Å². The van der Waals surface area contributed by atoms with Crippen molar-refractivity contribution in [2.75, 3.05) is 0 Å². The Bertz CT molecular complexity index is 477. The molecule has 0 bridgehead atoms. The van der Waals surface area contributed by atoms with Crippen molar-refractivity contribution in [1.29, 1.82) is 0 Å². The predicted octanol–water partition coefficient (Wildman–Crippen LogP) is 2.79. The molecule has 14 heavy (non-hydrogen) atoms.